The molecule has 0 spiro atoms. The second-order valence-electron chi connectivity index (χ2n) is 9.49. The number of sulfone groups is 1. The van der Waals surface area contributed by atoms with Crippen molar-refractivity contribution in [3.63, 3.8) is 0 Å². The number of carbonyl (C=O) groups excluding carboxylic acids is 1. The summed E-state index contributed by atoms with van der Waals surface area (Å²) in [5.74, 6) is 1.17. The lowest BCUT2D eigenvalue weighted by atomic mass is 9.98. The third kappa shape index (κ3) is 4.79. The summed E-state index contributed by atoms with van der Waals surface area (Å²) in [4.78, 5) is 14.8. The van der Waals surface area contributed by atoms with E-state index in [-0.39, 0.29) is 17.4 Å². The quantitative estimate of drug-likeness (QED) is 0.766. The van der Waals surface area contributed by atoms with Crippen molar-refractivity contribution >= 4 is 21.4 Å². The summed E-state index contributed by atoms with van der Waals surface area (Å²) in [5.41, 5.74) is 3.26. The maximum atomic E-state index is 12.8. The van der Waals surface area contributed by atoms with E-state index >= 15 is 0 Å². The molecule has 2 aliphatic heterocycles. The molecule has 31 heavy (non-hydrogen) atoms. The van der Waals surface area contributed by atoms with Gasteiger partial charge in [0.05, 0.1) is 23.2 Å². The summed E-state index contributed by atoms with van der Waals surface area (Å²) < 4.78 is 25.6. The zero-order valence-electron chi connectivity index (χ0n) is 18.6. The van der Waals surface area contributed by atoms with Gasteiger partial charge in [-0.15, -0.1) is 0 Å². The highest BCUT2D eigenvalue weighted by Gasteiger charge is 2.40. The van der Waals surface area contributed by atoms with Gasteiger partial charge in [-0.2, -0.15) is 5.10 Å². The first-order valence-electron chi connectivity index (χ1n) is 11.0. The van der Waals surface area contributed by atoms with Crippen molar-refractivity contribution in [2.45, 2.75) is 52.1 Å². The predicted octanol–water partition coefficient (Wildman–Crippen LogP) is 3.21. The molecule has 0 saturated carbocycles. The number of piperidine rings is 1. The van der Waals surface area contributed by atoms with Crippen LogP contribution in [0.2, 0.25) is 0 Å². The minimum Gasteiger partial charge on any atom is -0.381 e. The first kappa shape index (κ1) is 21.9. The fourth-order valence-electron chi connectivity index (χ4n) is 4.51. The number of benzene rings is 1. The molecule has 7 nitrogen and oxygen atoms in total. The van der Waals surface area contributed by atoms with E-state index in [2.05, 4.69) is 17.3 Å². The molecule has 0 radical (unpaired) electrons. The number of carbonyl (C=O) groups is 1. The Bertz CT molecular complexity index is 1070. The summed E-state index contributed by atoms with van der Waals surface area (Å²) in [5, 5.41) is 7.84. The van der Waals surface area contributed by atoms with E-state index in [4.69, 9.17) is 0 Å². The average Bonchev–Trinajstić information content (AvgIpc) is 3.32. The SMILES string of the molecule is Cc1cc(C(=O)N2CCC(C)CC2)ccc1NCc1cnn([C@]2(C)CCS(=O)(=O)C2)c1. The number of likely N-dealkylation sites (tertiary alicyclic amines) is 1. The largest absolute Gasteiger partial charge is 0.381 e. The third-order valence-corrected chi connectivity index (χ3v) is 8.59. The van der Waals surface area contributed by atoms with E-state index in [1.807, 2.05) is 43.1 Å². The smallest absolute Gasteiger partial charge is 0.253 e. The average molecular weight is 445 g/mol. The summed E-state index contributed by atoms with van der Waals surface area (Å²) in [6.45, 7) is 8.45. The number of aromatic nitrogens is 2. The number of rotatable bonds is 5. The van der Waals surface area contributed by atoms with Crippen molar-refractivity contribution in [3.8, 4) is 0 Å². The van der Waals surface area contributed by atoms with Crippen LogP contribution in [0, 0.1) is 12.8 Å². The highest BCUT2D eigenvalue weighted by Crippen LogP contribution is 2.30. The number of amides is 1. The van der Waals surface area contributed by atoms with E-state index < -0.39 is 15.4 Å². The molecule has 1 atom stereocenters. The van der Waals surface area contributed by atoms with Gasteiger partial charge in [0.2, 0.25) is 0 Å². The Morgan fingerprint density at radius 1 is 1.29 bits per heavy atom. The standard InChI is InChI=1S/C23H32N4O3S/c1-17-6-9-26(10-7-17)22(28)20-4-5-21(18(2)12-20)24-13-19-14-25-27(15-19)23(3)8-11-31(29,30)16-23/h4-5,12,14-15,17,24H,6-11,13,16H2,1-3H3/t23-/m1/s1. The van der Waals surface area contributed by atoms with Gasteiger partial charge in [0, 0.05) is 42.6 Å². The minimum absolute atomic E-state index is 0.114. The Morgan fingerprint density at radius 3 is 2.68 bits per heavy atom. The van der Waals surface area contributed by atoms with E-state index in [0.29, 0.717) is 18.9 Å². The monoisotopic (exact) mass is 444 g/mol. The Hall–Kier alpha value is -2.35. The summed E-state index contributed by atoms with van der Waals surface area (Å²) >= 11 is 0. The molecule has 1 N–H and O–H groups in total. The van der Waals surface area contributed by atoms with Gasteiger partial charge >= 0.3 is 0 Å². The first-order valence-corrected chi connectivity index (χ1v) is 12.9. The van der Waals surface area contributed by atoms with Crippen molar-refractivity contribution < 1.29 is 13.2 Å². The summed E-state index contributed by atoms with van der Waals surface area (Å²) in [6, 6.07) is 5.81. The Kier molecular flexibility index (Phi) is 5.85. The summed E-state index contributed by atoms with van der Waals surface area (Å²) in [7, 11) is -2.98. The maximum absolute atomic E-state index is 12.8. The molecular formula is C23H32N4O3S. The molecule has 0 aliphatic carbocycles. The zero-order chi connectivity index (χ0) is 22.2. The fourth-order valence-corrected chi connectivity index (χ4v) is 6.63. The number of hydrogen-bond acceptors (Lipinski definition) is 5. The predicted molar refractivity (Wildman–Crippen MR) is 122 cm³/mol. The molecule has 1 amide bonds. The lowest BCUT2D eigenvalue weighted by molar-refractivity contribution is 0.0697. The third-order valence-electron chi connectivity index (χ3n) is 6.70. The van der Waals surface area contributed by atoms with Crippen molar-refractivity contribution in [1.29, 1.82) is 0 Å². The lowest BCUT2D eigenvalue weighted by Gasteiger charge is -2.30. The molecule has 3 heterocycles. The topological polar surface area (TPSA) is 84.3 Å². The number of hydrogen-bond donors (Lipinski definition) is 1. The van der Waals surface area contributed by atoms with E-state index in [1.165, 1.54) is 0 Å². The number of nitrogens with zero attached hydrogens (tertiary/aromatic N) is 3. The molecule has 4 rings (SSSR count). The molecular weight excluding hydrogens is 412 g/mol. The van der Waals surface area contributed by atoms with Crippen molar-refractivity contribution in [3.05, 3.63) is 47.3 Å². The van der Waals surface area contributed by atoms with E-state index in [1.54, 1.807) is 10.9 Å². The molecule has 2 aromatic rings. The van der Waals surface area contributed by atoms with Gasteiger partial charge in [-0.25, -0.2) is 8.42 Å². The Balaban J connectivity index is 1.38. The van der Waals surface area contributed by atoms with Crippen LogP contribution in [0.5, 0.6) is 0 Å². The highest BCUT2D eigenvalue weighted by molar-refractivity contribution is 7.91. The molecule has 2 saturated heterocycles. The van der Waals surface area contributed by atoms with Gasteiger partial charge in [0.1, 0.15) is 0 Å². The minimum atomic E-state index is -2.98. The van der Waals surface area contributed by atoms with Crippen LogP contribution in [0.4, 0.5) is 5.69 Å². The van der Waals surface area contributed by atoms with Crippen LogP contribution < -0.4 is 5.32 Å². The Morgan fingerprint density at radius 2 is 2.03 bits per heavy atom. The molecule has 0 unspecified atom stereocenters. The maximum Gasteiger partial charge on any atom is 0.253 e. The van der Waals surface area contributed by atoms with Gasteiger partial charge in [-0.3, -0.25) is 9.48 Å². The van der Waals surface area contributed by atoms with Gasteiger partial charge in [0.25, 0.3) is 5.91 Å². The number of aryl methyl sites for hydroxylation is 1. The zero-order valence-corrected chi connectivity index (χ0v) is 19.4. The van der Waals surface area contributed by atoms with Crippen LogP contribution in [0.15, 0.2) is 30.6 Å². The molecule has 1 aromatic heterocycles. The van der Waals surface area contributed by atoms with E-state index in [0.717, 1.165) is 48.3 Å². The highest BCUT2D eigenvalue weighted by atomic mass is 32.2. The second kappa shape index (κ2) is 8.30. The van der Waals surface area contributed by atoms with Crippen LogP contribution in [0.3, 0.4) is 0 Å². The molecule has 0 bridgehead atoms. The van der Waals surface area contributed by atoms with Gasteiger partial charge in [-0.05, 0) is 62.8 Å². The molecule has 2 aliphatic rings. The van der Waals surface area contributed by atoms with Crippen molar-refractivity contribution in [2.75, 3.05) is 29.9 Å². The van der Waals surface area contributed by atoms with Crippen LogP contribution in [-0.4, -0.2) is 53.6 Å². The Labute approximate surface area is 184 Å². The number of anilines is 1. The van der Waals surface area contributed by atoms with Gasteiger partial charge < -0.3 is 10.2 Å². The van der Waals surface area contributed by atoms with Crippen LogP contribution in [0.1, 0.15) is 54.6 Å². The second-order valence-corrected chi connectivity index (χ2v) is 11.7. The summed E-state index contributed by atoms with van der Waals surface area (Å²) in [6.07, 6.45) is 6.45. The van der Waals surface area contributed by atoms with Crippen molar-refractivity contribution in [2.24, 2.45) is 5.92 Å². The first-order chi connectivity index (χ1) is 14.7. The fraction of sp³-hybridized carbons (Fsp3) is 0.565. The molecule has 2 fully saturated rings. The molecule has 1 aromatic carbocycles. The van der Waals surface area contributed by atoms with Gasteiger partial charge in [0.15, 0.2) is 9.84 Å². The molecule has 8 heteroatoms. The molecule has 168 valence electrons. The van der Waals surface area contributed by atoms with Gasteiger partial charge in [-0.1, -0.05) is 6.92 Å². The van der Waals surface area contributed by atoms with Crippen LogP contribution in [-0.2, 0) is 21.9 Å². The lowest BCUT2D eigenvalue weighted by Crippen LogP contribution is -2.37. The van der Waals surface area contributed by atoms with Crippen LogP contribution in [0.25, 0.3) is 0 Å². The van der Waals surface area contributed by atoms with Crippen LogP contribution >= 0.6 is 0 Å². The number of nitrogens with one attached hydrogen (secondary N) is 1. The van der Waals surface area contributed by atoms with E-state index in [9.17, 15) is 13.2 Å². The van der Waals surface area contributed by atoms with Crippen molar-refractivity contribution in [1.82, 2.24) is 14.7 Å². The normalized spacial score (nSPS) is 23.8.